The molecule has 0 bridgehead atoms. The standard InChI is InChI=1S/C21H30.C10H13N.C8H9N.3C2H6/c1-4-6-7-8-9-13-18-15-16-19-17(3)12-10-14-21(19)20(18)11-5-2;1-4-8(2)10-6-5-9(3)11-7-10;1-9-7-8-5-3-2-4-6-8;3*1-2/h5,15-16H,2-4,6-14H2,1H3;4-7H,1-3H3;2-7H,1H3;3*1-2H3/b;8-4+;;;;. The van der Waals surface area contributed by atoms with Crippen LogP contribution in [0.4, 0.5) is 0 Å². The second kappa shape index (κ2) is 31.1. The van der Waals surface area contributed by atoms with Gasteiger partial charge in [0.1, 0.15) is 0 Å². The molecule has 0 saturated heterocycles. The van der Waals surface area contributed by atoms with Gasteiger partial charge in [-0.25, -0.2) is 0 Å². The average Bonchev–Trinajstić information content (AvgIpc) is 3.13. The molecule has 2 aromatic carbocycles. The number of nitrogens with zero attached hydrogens (tertiary/aromatic N) is 2. The number of rotatable bonds is 10. The van der Waals surface area contributed by atoms with Gasteiger partial charge in [0.25, 0.3) is 0 Å². The second-order valence-corrected chi connectivity index (χ2v) is 10.8. The molecule has 1 heterocycles. The van der Waals surface area contributed by atoms with Crippen molar-refractivity contribution in [3.05, 3.63) is 125 Å². The predicted molar refractivity (Wildman–Crippen MR) is 217 cm³/mol. The van der Waals surface area contributed by atoms with E-state index in [-0.39, 0.29) is 0 Å². The predicted octanol–water partition coefficient (Wildman–Crippen LogP) is 13.9. The Balaban J connectivity index is 0. The molecule has 47 heavy (non-hydrogen) atoms. The summed E-state index contributed by atoms with van der Waals surface area (Å²) < 4.78 is 0. The van der Waals surface area contributed by atoms with Crippen LogP contribution in [0, 0.1) is 6.92 Å². The second-order valence-electron chi connectivity index (χ2n) is 10.8. The van der Waals surface area contributed by atoms with Crippen LogP contribution in [-0.4, -0.2) is 18.2 Å². The van der Waals surface area contributed by atoms with Gasteiger partial charge < -0.3 is 0 Å². The maximum atomic E-state index is 4.26. The summed E-state index contributed by atoms with van der Waals surface area (Å²) in [5, 5.41) is 0. The molecule has 0 aliphatic heterocycles. The zero-order chi connectivity index (χ0) is 35.9. The first kappa shape index (κ1) is 45.6. The Morgan fingerprint density at radius 1 is 0.872 bits per heavy atom. The van der Waals surface area contributed by atoms with Crippen molar-refractivity contribution in [3.8, 4) is 0 Å². The zero-order valence-electron chi connectivity index (χ0n) is 32.4. The van der Waals surface area contributed by atoms with E-state index in [2.05, 4.69) is 67.3 Å². The molecule has 1 aliphatic rings. The number of hydrogen-bond donors (Lipinski definition) is 0. The summed E-state index contributed by atoms with van der Waals surface area (Å²) in [6.07, 6.45) is 20.6. The first-order valence-corrected chi connectivity index (χ1v) is 18.4. The van der Waals surface area contributed by atoms with Crippen LogP contribution < -0.4 is 0 Å². The summed E-state index contributed by atoms with van der Waals surface area (Å²) in [6.45, 7) is 28.6. The summed E-state index contributed by atoms with van der Waals surface area (Å²) in [5.41, 5.74) is 12.1. The molecule has 0 radical (unpaired) electrons. The van der Waals surface area contributed by atoms with Crippen LogP contribution in [0.2, 0.25) is 0 Å². The highest BCUT2D eigenvalue weighted by molar-refractivity contribution is 5.79. The maximum absolute atomic E-state index is 4.26. The summed E-state index contributed by atoms with van der Waals surface area (Å²) in [7, 11) is 1.77. The van der Waals surface area contributed by atoms with E-state index in [0.29, 0.717) is 0 Å². The van der Waals surface area contributed by atoms with Gasteiger partial charge in [0, 0.05) is 25.2 Å². The first-order chi connectivity index (χ1) is 22.9. The molecule has 0 saturated carbocycles. The molecule has 1 aromatic heterocycles. The maximum Gasteiger partial charge on any atom is 0.0373 e. The lowest BCUT2D eigenvalue weighted by Gasteiger charge is -2.23. The van der Waals surface area contributed by atoms with Crippen LogP contribution in [0.25, 0.3) is 11.1 Å². The molecule has 4 rings (SSSR count). The Morgan fingerprint density at radius 3 is 2.09 bits per heavy atom. The highest BCUT2D eigenvalue weighted by Gasteiger charge is 2.17. The number of aromatic nitrogens is 1. The molecular formula is C45H70N2. The fourth-order valence-electron chi connectivity index (χ4n) is 5.08. The molecule has 2 nitrogen and oxygen atoms in total. The Bertz CT molecular complexity index is 1250. The molecule has 0 atom stereocenters. The fraction of sp³-hybridized carbons (Fsp3) is 0.467. The number of pyridine rings is 1. The van der Waals surface area contributed by atoms with Gasteiger partial charge in [0.05, 0.1) is 0 Å². The summed E-state index contributed by atoms with van der Waals surface area (Å²) in [5.74, 6) is 0. The van der Waals surface area contributed by atoms with E-state index in [1.54, 1.807) is 23.7 Å². The van der Waals surface area contributed by atoms with E-state index in [4.69, 9.17) is 0 Å². The van der Waals surface area contributed by atoms with E-state index >= 15 is 0 Å². The quantitative estimate of drug-likeness (QED) is 0.123. The van der Waals surface area contributed by atoms with Crippen molar-refractivity contribution in [3.63, 3.8) is 0 Å². The summed E-state index contributed by atoms with van der Waals surface area (Å²) in [6, 6.07) is 18.8. The highest BCUT2D eigenvalue weighted by atomic mass is 14.7. The average molecular weight is 639 g/mol. The van der Waals surface area contributed by atoms with Crippen LogP contribution in [0.3, 0.4) is 0 Å². The molecular weight excluding hydrogens is 569 g/mol. The molecule has 1 aliphatic carbocycles. The molecule has 0 spiro atoms. The topological polar surface area (TPSA) is 25.2 Å². The minimum atomic E-state index is 1.01. The zero-order valence-corrected chi connectivity index (χ0v) is 32.4. The van der Waals surface area contributed by atoms with Crippen LogP contribution >= 0.6 is 0 Å². The SMILES string of the molecule is C/C=C(\C)c1ccc(C)nc1.C=CCc1c(CCCCCCC)ccc2c1CCCC2=C.CC.CC.CC.CN=Cc1ccccc1. The van der Waals surface area contributed by atoms with Gasteiger partial charge in [-0.1, -0.05) is 141 Å². The van der Waals surface area contributed by atoms with E-state index < -0.39 is 0 Å². The van der Waals surface area contributed by atoms with Crippen molar-refractivity contribution in [2.45, 2.75) is 133 Å². The minimum Gasteiger partial charge on any atom is -0.296 e. The van der Waals surface area contributed by atoms with E-state index in [0.717, 1.165) is 24.1 Å². The third-order valence-corrected chi connectivity index (χ3v) is 7.59. The largest absolute Gasteiger partial charge is 0.296 e. The third-order valence-electron chi connectivity index (χ3n) is 7.59. The Labute approximate surface area is 292 Å². The van der Waals surface area contributed by atoms with Crippen molar-refractivity contribution in [2.75, 3.05) is 7.05 Å². The lowest BCUT2D eigenvalue weighted by Crippen LogP contribution is -2.08. The lowest BCUT2D eigenvalue weighted by atomic mass is 9.81. The molecule has 260 valence electrons. The number of aliphatic imine (C=N–C) groups is 1. The normalized spacial score (nSPS) is 11.4. The minimum absolute atomic E-state index is 1.01. The van der Waals surface area contributed by atoms with Crippen molar-refractivity contribution in [2.24, 2.45) is 4.99 Å². The number of unbranched alkanes of at least 4 members (excludes halogenated alkanes) is 4. The number of benzene rings is 2. The van der Waals surface area contributed by atoms with Gasteiger partial charge in [-0.15, -0.1) is 6.58 Å². The van der Waals surface area contributed by atoms with Gasteiger partial charge >= 0.3 is 0 Å². The van der Waals surface area contributed by atoms with Gasteiger partial charge in [-0.3, -0.25) is 9.98 Å². The van der Waals surface area contributed by atoms with Crippen LogP contribution in [0.1, 0.15) is 146 Å². The monoisotopic (exact) mass is 639 g/mol. The Kier molecular flexibility index (Phi) is 30.2. The van der Waals surface area contributed by atoms with E-state index in [1.165, 1.54) is 73.6 Å². The van der Waals surface area contributed by atoms with Gasteiger partial charge in [0.2, 0.25) is 0 Å². The molecule has 3 aromatic rings. The number of aryl methyl sites for hydroxylation is 2. The van der Waals surface area contributed by atoms with E-state index in [9.17, 15) is 0 Å². The van der Waals surface area contributed by atoms with Crippen molar-refractivity contribution in [1.29, 1.82) is 0 Å². The molecule has 2 heteroatoms. The first-order valence-electron chi connectivity index (χ1n) is 18.4. The molecule has 0 amide bonds. The number of fused-ring (bicyclic) bond motifs is 1. The van der Waals surface area contributed by atoms with Crippen LogP contribution in [0.5, 0.6) is 0 Å². The molecule has 0 N–H and O–H groups in total. The summed E-state index contributed by atoms with van der Waals surface area (Å²) in [4.78, 5) is 8.09. The number of allylic oxidation sites excluding steroid dienone is 4. The highest BCUT2D eigenvalue weighted by Crippen LogP contribution is 2.34. The van der Waals surface area contributed by atoms with Crippen molar-refractivity contribution >= 4 is 17.4 Å². The molecule has 0 fully saturated rings. The lowest BCUT2D eigenvalue weighted by molar-refractivity contribution is 0.630. The molecule has 0 unspecified atom stereocenters. The van der Waals surface area contributed by atoms with Crippen LogP contribution in [-0.2, 0) is 19.3 Å². The van der Waals surface area contributed by atoms with Gasteiger partial charge in [0.15, 0.2) is 0 Å². The van der Waals surface area contributed by atoms with Gasteiger partial charge in [-0.2, -0.15) is 0 Å². The number of hydrogen-bond acceptors (Lipinski definition) is 2. The third kappa shape index (κ3) is 19.0. The van der Waals surface area contributed by atoms with Crippen molar-refractivity contribution < 1.29 is 0 Å². The van der Waals surface area contributed by atoms with Gasteiger partial charge in [-0.05, 0) is 110 Å². The Hall–Kier alpha value is -3.52. The van der Waals surface area contributed by atoms with Crippen LogP contribution in [0.15, 0.2) is 91.1 Å². The van der Waals surface area contributed by atoms with E-state index in [1.807, 2.05) is 104 Å². The fourth-order valence-corrected chi connectivity index (χ4v) is 5.08. The smallest absolute Gasteiger partial charge is 0.0373 e. The Morgan fingerprint density at radius 2 is 1.53 bits per heavy atom. The summed E-state index contributed by atoms with van der Waals surface area (Å²) >= 11 is 0. The van der Waals surface area contributed by atoms with Crippen molar-refractivity contribution in [1.82, 2.24) is 4.98 Å².